The van der Waals surface area contributed by atoms with Crippen molar-refractivity contribution < 1.29 is 4.79 Å². The number of carbonyl (C=O) groups excluding carboxylic acids is 1. The number of nitrogens with zero attached hydrogens (tertiary/aromatic N) is 3. The first kappa shape index (κ1) is 14.4. The normalized spacial score (nSPS) is 21.2. The van der Waals surface area contributed by atoms with Crippen LogP contribution in [-0.2, 0) is 13.0 Å². The van der Waals surface area contributed by atoms with E-state index in [1.807, 2.05) is 4.90 Å². The molecule has 0 N–H and O–H groups in total. The molecule has 1 unspecified atom stereocenters. The Morgan fingerprint density at radius 3 is 2.65 bits per heavy atom. The van der Waals surface area contributed by atoms with E-state index in [0.717, 1.165) is 44.6 Å². The average molecular weight is 307 g/mol. The van der Waals surface area contributed by atoms with E-state index in [0.29, 0.717) is 6.04 Å². The minimum absolute atomic E-state index is 0.132. The molecule has 4 heteroatoms. The van der Waals surface area contributed by atoms with Crippen LogP contribution in [0.4, 0.5) is 0 Å². The second-order valence-electron chi connectivity index (χ2n) is 6.42. The number of amides is 1. The second kappa shape index (κ2) is 6.13. The fraction of sp³-hybridized carbons (Fsp3) is 0.368. The fourth-order valence-corrected chi connectivity index (χ4v) is 3.73. The molecule has 2 aromatic rings. The number of aromatic nitrogens is 1. The second-order valence-corrected chi connectivity index (χ2v) is 6.42. The van der Waals surface area contributed by atoms with Crippen LogP contribution in [0.15, 0.2) is 48.8 Å². The minimum atomic E-state index is 0.132. The van der Waals surface area contributed by atoms with Crippen molar-refractivity contribution in [2.45, 2.75) is 25.4 Å². The van der Waals surface area contributed by atoms with E-state index in [1.54, 1.807) is 24.5 Å². The molecule has 1 amide bonds. The number of hydrogen-bond acceptors (Lipinski definition) is 3. The Morgan fingerprint density at radius 2 is 1.83 bits per heavy atom. The van der Waals surface area contributed by atoms with Gasteiger partial charge in [-0.1, -0.05) is 24.3 Å². The van der Waals surface area contributed by atoms with Gasteiger partial charge >= 0.3 is 0 Å². The first-order valence-corrected chi connectivity index (χ1v) is 8.31. The lowest BCUT2D eigenvalue weighted by Gasteiger charge is -2.33. The first-order chi connectivity index (χ1) is 11.3. The molecule has 1 fully saturated rings. The molecule has 0 radical (unpaired) electrons. The molecule has 3 heterocycles. The smallest absolute Gasteiger partial charge is 0.254 e. The Kier molecular flexibility index (Phi) is 3.83. The zero-order valence-electron chi connectivity index (χ0n) is 13.2. The molecule has 1 aromatic carbocycles. The third kappa shape index (κ3) is 2.86. The Morgan fingerprint density at radius 1 is 1.04 bits per heavy atom. The van der Waals surface area contributed by atoms with Gasteiger partial charge in [0.1, 0.15) is 0 Å². The monoisotopic (exact) mass is 307 g/mol. The summed E-state index contributed by atoms with van der Waals surface area (Å²) in [5, 5.41) is 0. The predicted octanol–water partition coefficient (Wildman–Crippen LogP) is 2.35. The molecule has 1 saturated heterocycles. The van der Waals surface area contributed by atoms with Gasteiger partial charge in [-0.25, -0.2) is 0 Å². The number of benzene rings is 1. The van der Waals surface area contributed by atoms with E-state index in [9.17, 15) is 4.79 Å². The molecule has 0 saturated carbocycles. The van der Waals surface area contributed by atoms with Gasteiger partial charge in [-0.3, -0.25) is 14.7 Å². The third-order valence-electron chi connectivity index (χ3n) is 5.05. The summed E-state index contributed by atoms with van der Waals surface area (Å²) in [6.07, 6.45) is 5.55. The van der Waals surface area contributed by atoms with Crippen molar-refractivity contribution in [1.29, 1.82) is 0 Å². The summed E-state index contributed by atoms with van der Waals surface area (Å²) in [4.78, 5) is 21.1. The highest BCUT2D eigenvalue weighted by Crippen LogP contribution is 2.25. The van der Waals surface area contributed by atoms with Gasteiger partial charge in [-0.05, 0) is 36.1 Å². The number of carbonyl (C=O) groups is 1. The summed E-state index contributed by atoms with van der Waals surface area (Å²) >= 11 is 0. The minimum Gasteiger partial charge on any atom is -0.337 e. The van der Waals surface area contributed by atoms with Gasteiger partial charge < -0.3 is 4.90 Å². The van der Waals surface area contributed by atoms with Crippen molar-refractivity contribution in [3.63, 3.8) is 0 Å². The molecule has 1 atom stereocenters. The zero-order valence-corrected chi connectivity index (χ0v) is 13.2. The van der Waals surface area contributed by atoms with Gasteiger partial charge in [-0.2, -0.15) is 0 Å². The molecule has 4 nitrogen and oxygen atoms in total. The summed E-state index contributed by atoms with van der Waals surface area (Å²) in [6, 6.07) is 12.8. The fourth-order valence-electron chi connectivity index (χ4n) is 3.73. The van der Waals surface area contributed by atoms with Crippen LogP contribution in [0.1, 0.15) is 27.9 Å². The maximum Gasteiger partial charge on any atom is 0.254 e. The lowest BCUT2D eigenvalue weighted by molar-refractivity contribution is 0.0773. The first-order valence-electron chi connectivity index (χ1n) is 8.31. The Hall–Kier alpha value is -2.20. The molecule has 1 aromatic heterocycles. The van der Waals surface area contributed by atoms with E-state index in [-0.39, 0.29) is 5.91 Å². The van der Waals surface area contributed by atoms with Crippen LogP contribution in [0.2, 0.25) is 0 Å². The number of pyridine rings is 1. The predicted molar refractivity (Wildman–Crippen MR) is 89.1 cm³/mol. The summed E-state index contributed by atoms with van der Waals surface area (Å²) in [5.41, 5.74) is 3.66. The van der Waals surface area contributed by atoms with Crippen LogP contribution in [0.5, 0.6) is 0 Å². The maximum atomic E-state index is 12.6. The molecule has 0 spiro atoms. The molecule has 2 aliphatic heterocycles. The van der Waals surface area contributed by atoms with Gasteiger partial charge in [0.05, 0.1) is 0 Å². The highest BCUT2D eigenvalue weighted by Gasteiger charge is 2.32. The van der Waals surface area contributed by atoms with Crippen LogP contribution in [0.3, 0.4) is 0 Å². The Labute approximate surface area is 136 Å². The van der Waals surface area contributed by atoms with Gasteiger partial charge in [-0.15, -0.1) is 0 Å². The van der Waals surface area contributed by atoms with E-state index < -0.39 is 0 Å². The van der Waals surface area contributed by atoms with Crippen LogP contribution < -0.4 is 0 Å². The van der Waals surface area contributed by atoms with Crippen LogP contribution in [-0.4, -0.2) is 46.4 Å². The summed E-state index contributed by atoms with van der Waals surface area (Å²) in [5.74, 6) is 0.132. The van der Waals surface area contributed by atoms with Gasteiger partial charge in [0.15, 0.2) is 0 Å². The lowest BCUT2D eigenvalue weighted by atomic mass is 9.98. The molecule has 23 heavy (non-hydrogen) atoms. The van der Waals surface area contributed by atoms with Crippen molar-refractivity contribution in [2.24, 2.45) is 0 Å². The highest BCUT2D eigenvalue weighted by atomic mass is 16.2. The van der Waals surface area contributed by atoms with Crippen molar-refractivity contribution in [3.8, 4) is 0 Å². The molecule has 4 rings (SSSR count). The van der Waals surface area contributed by atoms with Gasteiger partial charge in [0.2, 0.25) is 0 Å². The maximum absolute atomic E-state index is 12.6. The number of likely N-dealkylation sites (tertiary alicyclic amines) is 1. The number of fused-ring (bicyclic) bond motifs is 1. The molecular formula is C19H21N3O. The molecular weight excluding hydrogens is 286 g/mol. The van der Waals surface area contributed by atoms with E-state index >= 15 is 0 Å². The zero-order chi connectivity index (χ0) is 15.6. The highest BCUT2D eigenvalue weighted by molar-refractivity contribution is 5.94. The van der Waals surface area contributed by atoms with E-state index in [1.165, 1.54) is 11.1 Å². The average Bonchev–Trinajstić information content (AvgIpc) is 3.11. The number of rotatable bonds is 2. The summed E-state index contributed by atoms with van der Waals surface area (Å²) in [7, 11) is 0. The van der Waals surface area contributed by atoms with Gasteiger partial charge in [0, 0.05) is 50.2 Å². The van der Waals surface area contributed by atoms with Crippen LogP contribution >= 0.6 is 0 Å². The third-order valence-corrected chi connectivity index (χ3v) is 5.05. The summed E-state index contributed by atoms with van der Waals surface area (Å²) < 4.78 is 0. The van der Waals surface area contributed by atoms with Crippen molar-refractivity contribution in [2.75, 3.05) is 19.6 Å². The molecule has 0 aliphatic carbocycles. The largest absolute Gasteiger partial charge is 0.337 e. The van der Waals surface area contributed by atoms with E-state index in [4.69, 9.17) is 0 Å². The van der Waals surface area contributed by atoms with Crippen molar-refractivity contribution in [1.82, 2.24) is 14.8 Å². The van der Waals surface area contributed by atoms with Gasteiger partial charge in [0.25, 0.3) is 5.91 Å². The topological polar surface area (TPSA) is 36.4 Å². The van der Waals surface area contributed by atoms with Crippen LogP contribution in [0.25, 0.3) is 0 Å². The molecule has 118 valence electrons. The molecule has 2 aliphatic rings. The Bertz CT molecular complexity index is 701. The lowest BCUT2D eigenvalue weighted by Crippen LogP contribution is -2.41. The Balaban J connectivity index is 1.42. The van der Waals surface area contributed by atoms with Crippen molar-refractivity contribution in [3.05, 3.63) is 65.5 Å². The SMILES string of the molecule is O=C(c1ccncc1)N1CCC(N2CCc3ccccc3C2)C1. The molecule has 0 bridgehead atoms. The summed E-state index contributed by atoms with van der Waals surface area (Å²) in [6.45, 7) is 3.80. The quantitative estimate of drug-likeness (QED) is 0.854. The van der Waals surface area contributed by atoms with E-state index in [2.05, 4.69) is 34.1 Å². The van der Waals surface area contributed by atoms with Crippen LogP contribution in [0, 0.1) is 0 Å². The standard InChI is InChI=1S/C19H21N3O/c23-19(16-5-9-20-10-6-16)22-12-8-18(14-22)21-11-7-15-3-1-2-4-17(15)13-21/h1-6,9-10,18H,7-8,11-14H2. The van der Waals surface area contributed by atoms with Crippen molar-refractivity contribution >= 4 is 5.91 Å². The number of hydrogen-bond donors (Lipinski definition) is 0.